The smallest absolute Gasteiger partial charge is 0.406 e. The molecule has 12 heteroatoms. The van der Waals surface area contributed by atoms with Gasteiger partial charge in [0.05, 0.1) is 25.3 Å². The molecule has 0 unspecified atom stereocenters. The van der Waals surface area contributed by atoms with Crippen LogP contribution in [0.1, 0.15) is 33.4 Å². The van der Waals surface area contributed by atoms with Crippen molar-refractivity contribution in [2.75, 3.05) is 0 Å². The summed E-state index contributed by atoms with van der Waals surface area (Å²) >= 11 is 0. The number of fused-ring (bicyclic) bond motifs is 4. The first kappa shape index (κ1) is 33.2. The average molecular weight is 677 g/mol. The zero-order valence-electron chi connectivity index (χ0n) is 25.8. The summed E-state index contributed by atoms with van der Waals surface area (Å²) in [6.07, 6.45) is -10.4. The van der Waals surface area contributed by atoms with Gasteiger partial charge < -0.3 is 9.47 Å². The van der Waals surface area contributed by atoms with Gasteiger partial charge in [0.2, 0.25) is 0 Å². The van der Waals surface area contributed by atoms with Gasteiger partial charge in [-0.1, -0.05) is 53.6 Å². The lowest BCUT2D eigenvalue weighted by Gasteiger charge is -2.17. The minimum atomic E-state index is -5.22. The van der Waals surface area contributed by atoms with Crippen LogP contribution in [0, 0.1) is 49.7 Å². The SMILES string of the molecule is [C-]#[N+]/C(C#N)=C1C2=C(/C(=C(\C#N)[N+]#[C-])c3cc(-c4cc(C)cc(C)c4)ccc32)c2ccc(-c3cc(OC(F)(F)F)cc(OC(F)(F)F)c3)cc2\1. The van der Waals surface area contributed by atoms with Crippen LogP contribution >= 0.6 is 0 Å². The summed E-state index contributed by atoms with van der Waals surface area (Å²) in [5.41, 5.74) is 5.99. The number of aryl methyl sites for hydroxylation is 2. The molecule has 244 valence electrons. The predicted molar refractivity (Wildman–Crippen MR) is 172 cm³/mol. The van der Waals surface area contributed by atoms with E-state index in [2.05, 4.69) is 19.2 Å². The molecule has 0 saturated heterocycles. The fourth-order valence-electron chi connectivity index (χ4n) is 6.39. The second kappa shape index (κ2) is 12.0. The molecular weight excluding hydrogens is 658 g/mol. The number of allylic oxidation sites excluding steroid dienone is 6. The molecule has 0 N–H and O–H groups in total. The van der Waals surface area contributed by atoms with Crippen LogP contribution in [-0.2, 0) is 0 Å². The number of hydrogen-bond acceptors (Lipinski definition) is 4. The van der Waals surface area contributed by atoms with Gasteiger partial charge in [0.1, 0.15) is 11.5 Å². The topological polar surface area (TPSA) is 74.8 Å². The summed E-state index contributed by atoms with van der Waals surface area (Å²) < 4.78 is 86.5. The fraction of sp³-hybridized carbons (Fsp3) is 0.105. The van der Waals surface area contributed by atoms with Gasteiger partial charge in [0.15, 0.2) is 0 Å². The van der Waals surface area contributed by atoms with Gasteiger partial charge in [-0.25, -0.2) is 20.2 Å². The third-order valence-corrected chi connectivity index (χ3v) is 8.01. The van der Waals surface area contributed by atoms with Crippen LogP contribution in [0.15, 0.2) is 84.2 Å². The molecular formula is C38H18F6N4O2. The second-order valence-electron chi connectivity index (χ2n) is 11.3. The van der Waals surface area contributed by atoms with Crippen LogP contribution in [0.3, 0.4) is 0 Å². The molecule has 50 heavy (non-hydrogen) atoms. The first-order valence-corrected chi connectivity index (χ1v) is 14.5. The van der Waals surface area contributed by atoms with Crippen LogP contribution in [0.2, 0.25) is 0 Å². The van der Waals surface area contributed by atoms with E-state index >= 15 is 0 Å². The molecule has 0 bridgehead atoms. The lowest BCUT2D eigenvalue weighted by Crippen LogP contribution is -2.19. The summed E-state index contributed by atoms with van der Waals surface area (Å²) in [5, 5.41) is 20.1. The van der Waals surface area contributed by atoms with Crippen molar-refractivity contribution in [3.05, 3.63) is 140 Å². The van der Waals surface area contributed by atoms with Crippen molar-refractivity contribution in [2.24, 2.45) is 0 Å². The molecule has 0 atom stereocenters. The summed E-state index contributed by atoms with van der Waals surface area (Å²) in [6.45, 7) is 19.5. The van der Waals surface area contributed by atoms with Crippen molar-refractivity contribution in [1.29, 1.82) is 10.5 Å². The summed E-state index contributed by atoms with van der Waals surface area (Å²) in [7, 11) is 0. The maximum atomic E-state index is 13.1. The van der Waals surface area contributed by atoms with E-state index in [0.29, 0.717) is 33.9 Å². The molecule has 2 aliphatic carbocycles. The van der Waals surface area contributed by atoms with Crippen LogP contribution in [0.4, 0.5) is 26.3 Å². The Kier molecular flexibility index (Phi) is 7.98. The molecule has 0 fully saturated rings. The Morgan fingerprint density at radius 1 is 0.560 bits per heavy atom. The molecule has 0 aromatic heterocycles. The van der Waals surface area contributed by atoms with Crippen molar-refractivity contribution in [1.82, 2.24) is 0 Å². The Bertz CT molecular complexity index is 2340. The zero-order chi connectivity index (χ0) is 36.1. The Hall–Kier alpha value is -6.76. The molecule has 0 radical (unpaired) electrons. The van der Waals surface area contributed by atoms with E-state index in [0.717, 1.165) is 34.4 Å². The van der Waals surface area contributed by atoms with E-state index in [4.69, 9.17) is 13.1 Å². The highest BCUT2D eigenvalue weighted by atomic mass is 19.4. The Morgan fingerprint density at radius 3 is 1.32 bits per heavy atom. The number of halogens is 6. The number of rotatable bonds is 4. The lowest BCUT2D eigenvalue weighted by molar-refractivity contribution is -0.276. The van der Waals surface area contributed by atoms with Crippen molar-refractivity contribution in [3.8, 4) is 45.9 Å². The lowest BCUT2D eigenvalue weighted by atomic mass is 9.88. The molecule has 6 rings (SSSR count). The van der Waals surface area contributed by atoms with Gasteiger partial charge in [-0.2, -0.15) is 0 Å². The normalized spacial score (nSPS) is 15.1. The summed E-state index contributed by atoms with van der Waals surface area (Å²) in [4.78, 5) is 6.92. The predicted octanol–water partition coefficient (Wildman–Crippen LogP) is 10.7. The quantitative estimate of drug-likeness (QED) is 0.123. The summed E-state index contributed by atoms with van der Waals surface area (Å²) in [5.74, 6) is -1.95. The third kappa shape index (κ3) is 6.03. The van der Waals surface area contributed by atoms with Crippen LogP contribution in [-0.4, -0.2) is 12.7 Å². The van der Waals surface area contributed by atoms with Crippen LogP contribution in [0.25, 0.3) is 54.2 Å². The first-order valence-electron chi connectivity index (χ1n) is 14.5. The van der Waals surface area contributed by atoms with E-state index in [9.17, 15) is 36.9 Å². The van der Waals surface area contributed by atoms with Crippen molar-refractivity contribution < 1.29 is 35.8 Å². The molecule has 6 nitrogen and oxygen atoms in total. The molecule has 0 spiro atoms. The highest BCUT2D eigenvalue weighted by molar-refractivity contribution is 6.37. The molecule has 0 saturated carbocycles. The van der Waals surface area contributed by atoms with Gasteiger partial charge in [0, 0.05) is 17.2 Å². The van der Waals surface area contributed by atoms with E-state index in [1.54, 1.807) is 6.07 Å². The number of alkyl halides is 6. The van der Waals surface area contributed by atoms with Gasteiger partial charge in [-0.15, -0.1) is 26.3 Å². The highest BCUT2D eigenvalue weighted by Crippen LogP contribution is 2.60. The number of hydrogen-bond donors (Lipinski definition) is 0. The highest BCUT2D eigenvalue weighted by Gasteiger charge is 2.40. The molecule has 0 amide bonds. The zero-order valence-corrected chi connectivity index (χ0v) is 25.8. The maximum absolute atomic E-state index is 13.1. The van der Waals surface area contributed by atoms with Crippen molar-refractivity contribution in [2.45, 2.75) is 26.6 Å². The monoisotopic (exact) mass is 676 g/mol. The number of nitriles is 2. The molecule has 2 aliphatic rings. The number of nitrogens with zero attached hydrogens (tertiary/aromatic N) is 4. The Morgan fingerprint density at radius 2 is 0.960 bits per heavy atom. The average Bonchev–Trinajstić information content (AvgIpc) is 3.52. The van der Waals surface area contributed by atoms with E-state index in [1.807, 2.05) is 56.3 Å². The molecule has 4 aromatic rings. The van der Waals surface area contributed by atoms with E-state index < -0.39 is 24.2 Å². The second-order valence-corrected chi connectivity index (χ2v) is 11.3. The largest absolute Gasteiger partial charge is 0.573 e. The summed E-state index contributed by atoms with van der Waals surface area (Å²) in [6, 6.07) is 21.8. The van der Waals surface area contributed by atoms with E-state index in [1.165, 1.54) is 18.2 Å². The van der Waals surface area contributed by atoms with Crippen LogP contribution in [0.5, 0.6) is 11.5 Å². The Labute approximate surface area is 281 Å². The van der Waals surface area contributed by atoms with Gasteiger partial charge in [-0.05, 0) is 93.8 Å². The van der Waals surface area contributed by atoms with Gasteiger partial charge in [0.25, 0.3) is 11.4 Å². The van der Waals surface area contributed by atoms with Gasteiger partial charge >= 0.3 is 12.7 Å². The molecule has 4 aromatic carbocycles. The molecule has 0 aliphatic heterocycles. The number of ether oxygens (including phenoxy) is 2. The van der Waals surface area contributed by atoms with E-state index in [-0.39, 0.29) is 39.2 Å². The minimum absolute atomic E-state index is 0.103. The maximum Gasteiger partial charge on any atom is 0.573 e. The standard InChI is InChI=1S/C38H18F6N4O2/c1-19-9-20(2)11-23(10-19)21-5-7-27-29(14-21)33(31(17-45)47-3)36-28-8-6-22(15-30(28)34(35(27)36)32(18-46)48-4)24-12-25(49-37(39,40)41)16-26(13-24)50-38(42,43)44/h5-16H,1-2H3/b33-31+,34-32-. The minimum Gasteiger partial charge on any atom is -0.406 e. The molecule has 0 heterocycles. The Balaban J connectivity index is 1.59. The first-order chi connectivity index (χ1) is 23.6. The van der Waals surface area contributed by atoms with Crippen molar-refractivity contribution in [3.63, 3.8) is 0 Å². The third-order valence-electron chi connectivity index (χ3n) is 8.01. The van der Waals surface area contributed by atoms with Crippen molar-refractivity contribution >= 4 is 22.3 Å². The fourth-order valence-corrected chi connectivity index (χ4v) is 6.39. The number of benzene rings is 4. The van der Waals surface area contributed by atoms with Crippen LogP contribution < -0.4 is 9.47 Å². The van der Waals surface area contributed by atoms with Gasteiger partial charge in [-0.3, -0.25) is 0 Å².